The van der Waals surface area contributed by atoms with E-state index in [1.54, 1.807) is 0 Å². The molecule has 2 fully saturated rings. The molecular weight excluding hydrogens is 218 g/mol. The van der Waals surface area contributed by atoms with Crippen LogP contribution < -0.4 is 0 Å². The van der Waals surface area contributed by atoms with Crippen LogP contribution in [0.25, 0.3) is 0 Å². The van der Waals surface area contributed by atoms with Crippen molar-refractivity contribution in [3.05, 3.63) is 12.2 Å². The van der Waals surface area contributed by atoms with Crippen LogP contribution in [0.3, 0.4) is 0 Å². The zero-order valence-electron chi connectivity index (χ0n) is 10.6. The average Bonchev–Trinajstić information content (AvgIpc) is 2.74. The SMILES string of the molecule is CC(C)(C)N1C(=O)C2C(C1=O)[C@@]1(C)C=C[C@@H]2O1. The third-order valence-corrected chi connectivity index (χ3v) is 4.00. The van der Waals surface area contributed by atoms with Crippen molar-refractivity contribution in [3.63, 3.8) is 0 Å². The van der Waals surface area contributed by atoms with Crippen molar-refractivity contribution in [1.29, 1.82) is 0 Å². The molecule has 0 spiro atoms. The maximum Gasteiger partial charge on any atom is 0.236 e. The van der Waals surface area contributed by atoms with Crippen LogP contribution in [0.5, 0.6) is 0 Å². The average molecular weight is 235 g/mol. The molecule has 2 unspecified atom stereocenters. The first kappa shape index (κ1) is 11.0. The molecule has 4 atom stereocenters. The van der Waals surface area contributed by atoms with E-state index in [0.717, 1.165) is 0 Å². The number of carbonyl (C=O) groups excluding carboxylic acids is 2. The van der Waals surface area contributed by atoms with Gasteiger partial charge in [-0.1, -0.05) is 12.2 Å². The Bertz CT molecular complexity index is 448. The van der Waals surface area contributed by atoms with E-state index < -0.39 is 11.1 Å². The van der Waals surface area contributed by atoms with E-state index in [1.165, 1.54) is 4.90 Å². The Morgan fingerprint density at radius 3 is 2.47 bits per heavy atom. The molecule has 3 rings (SSSR count). The quantitative estimate of drug-likeness (QED) is 0.467. The highest BCUT2D eigenvalue weighted by Gasteiger charge is 2.66. The van der Waals surface area contributed by atoms with Crippen molar-refractivity contribution >= 4 is 11.8 Å². The second-order valence-corrected chi connectivity index (χ2v) is 6.31. The maximum absolute atomic E-state index is 12.4. The summed E-state index contributed by atoms with van der Waals surface area (Å²) in [6.07, 6.45) is 3.63. The number of likely N-dealkylation sites (tertiary alicyclic amines) is 1. The highest BCUT2D eigenvalue weighted by Crippen LogP contribution is 2.52. The van der Waals surface area contributed by atoms with Crippen LogP contribution in [0.2, 0.25) is 0 Å². The first-order valence-corrected chi connectivity index (χ1v) is 6.01. The summed E-state index contributed by atoms with van der Waals surface area (Å²) in [6.45, 7) is 7.57. The van der Waals surface area contributed by atoms with Crippen LogP contribution in [0, 0.1) is 11.8 Å². The fourth-order valence-corrected chi connectivity index (χ4v) is 3.31. The van der Waals surface area contributed by atoms with Crippen LogP contribution in [0.1, 0.15) is 27.7 Å². The van der Waals surface area contributed by atoms with Crippen LogP contribution in [-0.2, 0) is 14.3 Å². The van der Waals surface area contributed by atoms with Gasteiger partial charge in [0.15, 0.2) is 0 Å². The molecule has 3 aliphatic rings. The van der Waals surface area contributed by atoms with E-state index in [1.807, 2.05) is 39.8 Å². The summed E-state index contributed by atoms with van der Waals surface area (Å²) in [5.74, 6) is -0.798. The molecule has 17 heavy (non-hydrogen) atoms. The van der Waals surface area contributed by atoms with Gasteiger partial charge >= 0.3 is 0 Å². The first-order chi connectivity index (χ1) is 7.76. The van der Waals surface area contributed by atoms with Crippen LogP contribution in [0.4, 0.5) is 0 Å². The molecule has 0 aromatic heterocycles. The lowest BCUT2D eigenvalue weighted by molar-refractivity contribution is -0.149. The molecule has 4 nitrogen and oxygen atoms in total. The minimum atomic E-state index is -0.581. The van der Waals surface area contributed by atoms with Gasteiger partial charge in [0.05, 0.1) is 23.5 Å². The third kappa shape index (κ3) is 1.16. The van der Waals surface area contributed by atoms with Crippen molar-refractivity contribution in [2.45, 2.75) is 44.9 Å². The summed E-state index contributed by atoms with van der Waals surface area (Å²) in [4.78, 5) is 26.2. The standard InChI is InChI=1S/C13H17NO3/c1-12(2,3)14-10(15)8-7-5-6-13(4,17-7)9(8)11(14)16/h5-9H,1-4H3/t7-,8?,9?,13+/m0/s1. The molecule has 4 heteroatoms. The Morgan fingerprint density at radius 1 is 1.29 bits per heavy atom. The maximum atomic E-state index is 12.4. The topological polar surface area (TPSA) is 46.6 Å². The van der Waals surface area contributed by atoms with Gasteiger partial charge in [0, 0.05) is 5.54 Å². The molecule has 2 amide bonds. The highest BCUT2D eigenvalue weighted by molar-refractivity contribution is 6.07. The van der Waals surface area contributed by atoms with Gasteiger partial charge in [0.2, 0.25) is 11.8 Å². The van der Waals surface area contributed by atoms with Gasteiger partial charge in [-0.3, -0.25) is 14.5 Å². The van der Waals surface area contributed by atoms with Gasteiger partial charge in [-0.15, -0.1) is 0 Å². The molecule has 3 heterocycles. The summed E-state index contributed by atoms with van der Waals surface area (Å²) in [6, 6.07) is 0. The monoisotopic (exact) mass is 235 g/mol. The van der Waals surface area contributed by atoms with Gasteiger partial charge in [-0.05, 0) is 27.7 Å². The van der Waals surface area contributed by atoms with Crippen molar-refractivity contribution in [3.8, 4) is 0 Å². The molecule has 0 saturated carbocycles. The molecular formula is C13H17NO3. The lowest BCUT2D eigenvalue weighted by Gasteiger charge is -2.32. The van der Waals surface area contributed by atoms with Gasteiger partial charge < -0.3 is 4.74 Å². The Balaban J connectivity index is 2.06. The summed E-state index contributed by atoms with van der Waals surface area (Å²) in [7, 11) is 0. The van der Waals surface area contributed by atoms with E-state index in [2.05, 4.69) is 0 Å². The molecule has 0 aliphatic carbocycles. The summed E-state index contributed by atoms with van der Waals surface area (Å²) in [5, 5.41) is 0. The zero-order chi connectivity index (χ0) is 12.6. The van der Waals surface area contributed by atoms with E-state index in [-0.39, 0.29) is 29.8 Å². The van der Waals surface area contributed by atoms with Crippen molar-refractivity contribution in [2.75, 3.05) is 0 Å². The lowest BCUT2D eigenvalue weighted by Crippen LogP contribution is -2.48. The number of hydrogen-bond acceptors (Lipinski definition) is 3. The van der Waals surface area contributed by atoms with Gasteiger partial charge in [-0.25, -0.2) is 0 Å². The Kier molecular flexibility index (Phi) is 1.81. The molecule has 0 radical (unpaired) electrons. The van der Waals surface area contributed by atoms with E-state index in [9.17, 15) is 9.59 Å². The molecule has 0 aromatic rings. The van der Waals surface area contributed by atoms with Gasteiger partial charge in [-0.2, -0.15) is 0 Å². The molecule has 0 aromatic carbocycles. The number of amides is 2. The number of ether oxygens (including phenoxy) is 1. The Morgan fingerprint density at radius 2 is 1.94 bits per heavy atom. The van der Waals surface area contributed by atoms with Crippen LogP contribution >= 0.6 is 0 Å². The van der Waals surface area contributed by atoms with Crippen LogP contribution in [-0.4, -0.2) is 34.0 Å². The van der Waals surface area contributed by atoms with E-state index in [0.29, 0.717) is 0 Å². The van der Waals surface area contributed by atoms with E-state index >= 15 is 0 Å². The number of rotatable bonds is 0. The summed E-state index contributed by atoms with van der Waals surface area (Å²) < 4.78 is 5.75. The number of carbonyl (C=O) groups is 2. The number of hydrogen-bond donors (Lipinski definition) is 0. The third-order valence-electron chi connectivity index (χ3n) is 4.00. The van der Waals surface area contributed by atoms with Gasteiger partial charge in [0.1, 0.15) is 0 Å². The largest absolute Gasteiger partial charge is 0.362 e. The fraction of sp³-hybridized carbons (Fsp3) is 0.692. The summed E-state index contributed by atoms with van der Waals surface area (Å²) >= 11 is 0. The Hall–Kier alpha value is -1.16. The number of fused-ring (bicyclic) bond motifs is 5. The lowest BCUT2D eigenvalue weighted by atomic mass is 9.78. The minimum Gasteiger partial charge on any atom is -0.362 e. The summed E-state index contributed by atoms with van der Waals surface area (Å²) in [5.41, 5.74) is -1.03. The van der Waals surface area contributed by atoms with Gasteiger partial charge in [0.25, 0.3) is 0 Å². The van der Waals surface area contributed by atoms with Crippen LogP contribution in [0.15, 0.2) is 12.2 Å². The van der Waals surface area contributed by atoms with Crippen molar-refractivity contribution in [2.24, 2.45) is 11.8 Å². The molecule has 2 saturated heterocycles. The normalized spacial score (nSPS) is 43.8. The minimum absolute atomic E-state index is 0.0782. The first-order valence-electron chi connectivity index (χ1n) is 6.01. The molecule has 92 valence electrons. The number of nitrogens with zero attached hydrogens (tertiary/aromatic N) is 1. The second kappa shape index (κ2) is 2.80. The van der Waals surface area contributed by atoms with E-state index in [4.69, 9.17) is 4.74 Å². The fourth-order valence-electron chi connectivity index (χ4n) is 3.31. The zero-order valence-corrected chi connectivity index (χ0v) is 10.6. The second-order valence-electron chi connectivity index (χ2n) is 6.31. The molecule has 0 N–H and O–H groups in total. The molecule has 2 bridgehead atoms. The highest BCUT2D eigenvalue weighted by atomic mass is 16.5. The Labute approximate surface area is 101 Å². The predicted molar refractivity (Wildman–Crippen MR) is 61.0 cm³/mol. The van der Waals surface area contributed by atoms with Crippen molar-refractivity contribution < 1.29 is 14.3 Å². The molecule has 3 aliphatic heterocycles. The van der Waals surface area contributed by atoms with Crippen molar-refractivity contribution in [1.82, 2.24) is 4.90 Å². The predicted octanol–water partition coefficient (Wildman–Crippen LogP) is 1.11. The smallest absolute Gasteiger partial charge is 0.236 e. The number of imide groups is 1.